The Hall–Kier alpha value is -2.09. The Kier molecular flexibility index (Phi) is 6.92. The molecular weight excluding hydrogens is 398 g/mol. The van der Waals surface area contributed by atoms with Crippen LogP contribution in [0.15, 0.2) is 35.7 Å². The first-order chi connectivity index (χ1) is 14.7. The van der Waals surface area contributed by atoms with Gasteiger partial charge in [0.15, 0.2) is 0 Å². The van der Waals surface area contributed by atoms with E-state index in [1.165, 1.54) is 4.88 Å². The Labute approximate surface area is 183 Å². The summed E-state index contributed by atoms with van der Waals surface area (Å²) in [5.74, 6) is 1.92. The van der Waals surface area contributed by atoms with E-state index in [0.29, 0.717) is 6.54 Å². The Bertz CT molecular complexity index is 834. The maximum Gasteiger partial charge on any atom is 0.236 e. The molecule has 0 bridgehead atoms. The molecule has 0 spiro atoms. The van der Waals surface area contributed by atoms with Crippen LogP contribution in [0.1, 0.15) is 29.3 Å². The smallest absolute Gasteiger partial charge is 0.236 e. The largest absolute Gasteiger partial charge is 0.497 e. The zero-order valence-corrected chi connectivity index (χ0v) is 18.7. The van der Waals surface area contributed by atoms with Crippen molar-refractivity contribution < 1.29 is 14.3 Å². The van der Waals surface area contributed by atoms with Crippen LogP contribution in [0.5, 0.6) is 11.5 Å². The SMILES string of the molecule is COc1ccc(OC)c([C@H]2CCCN2CC(=O)N2CCN(Cc3cccs3)CC2)c1. The van der Waals surface area contributed by atoms with Crippen molar-refractivity contribution in [2.75, 3.05) is 53.5 Å². The molecule has 1 atom stereocenters. The van der Waals surface area contributed by atoms with Crippen molar-refractivity contribution in [3.05, 3.63) is 46.2 Å². The minimum Gasteiger partial charge on any atom is -0.497 e. The van der Waals surface area contributed by atoms with Gasteiger partial charge in [-0.15, -0.1) is 11.3 Å². The molecule has 2 aromatic rings. The third-order valence-electron chi connectivity index (χ3n) is 6.18. The fourth-order valence-corrected chi connectivity index (χ4v) is 5.27. The number of nitrogens with zero attached hydrogens (tertiary/aromatic N) is 3. The van der Waals surface area contributed by atoms with Crippen molar-refractivity contribution in [3.63, 3.8) is 0 Å². The van der Waals surface area contributed by atoms with Crippen LogP contribution in [-0.4, -0.2) is 74.1 Å². The Morgan fingerprint density at radius 1 is 1.10 bits per heavy atom. The first-order valence-electron chi connectivity index (χ1n) is 10.7. The lowest BCUT2D eigenvalue weighted by Crippen LogP contribution is -2.50. The van der Waals surface area contributed by atoms with E-state index in [0.717, 1.165) is 69.2 Å². The molecule has 1 aromatic carbocycles. The van der Waals surface area contributed by atoms with Crippen LogP contribution in [-0.2, 0) is 11.3 Å². The molecule has 3 heterocycles. The molecule has 0 N–H and O–H groups in total. The van der Waals surface area contributed by atoms with Crippen molar-refractivity contribution in [2.24, 2.45) is 0 Å². The predicted octanol–water partition coefficient (Wildman–Crippen LogP) is 3.25. The second-order valence-corrected chi connectivity index (χ2v) is 9.00. The molecule has 2 aliphatic rings. The number of likely N-dealkylation sites (tertiary alicyclic amines) is 1. The molecular formula is C23H31N3O3S. The monoisotopic (exact) mass is 429 g/mol. The highest BCUT2D eigenvalue weighted by Gasteiger charge is 2.32. The normalized spacial score (nSPS) is 20.5. The standard InChI is InChI=1S/C23H31N3O3S/c1-28-18-7-8-22(29-2)20(15-18)21-6-3-9-26(21)17-23(27)25-12-10-24(11-13-25)16-19-5-4-14-30-19/h4-5,7-8,14-15,21H,3,6,9-13,16-17H2,1-2H3/t21-/m1/s1. The molecule has 30 heavy (non-hydrogen) atoms. The fraction of sp³-hybridized carbons (Fsp3) is 0.522. The maximum absolute atomic E-state index is 13.0. The summed E-state index contributed by atoms with van der Waals surface area (Å²) in [4.78, 5) is 21.2. The van der Waals surface area contributed by atoms with Crippen LogP contribution in [0, 0.1) is 0 Å². The second-order valence-electron chi connectivity index (χ2n) is 7.97. The third-order valence-corrected chi connectivity index (χ3v) is 7.04. The molecule has 7 heteroatoms. The Balaban J connectivity index is 1.35. The van der Waals surface area contributed by atoms with Gasteiger partial charge in [-0.2, -0.15) is 0 Å². The molecule has 0 saturated carbocycles. The summed E-state index contributed by atoms with van der Waals surface area (Å²) in [6.45, 7) is 5.90. The number of hydrogen-bond acceptors (Lipinski definition) is 6. The van der Waals surface area contributed by atoms with Crippen molar-refractivity contribution in [3.8, 4) is 11.5 Å². The Morgan fingerprint density at radius 3 is 2.63 bits per heavy atom. The summed E-state index contributed by atoms with van der Waals surface area (Å²) in [6, 6.07) is 10.4. The van der Waals surface area contributed by atoms with Crippen LogP contribution in [0.25, 0.3) is 0 Å². The predicted molar refractivity (Wildman–Crippen MR) is 119 cm³/mol. The van der Waals surface area contributed by atoms with Gasteiger partial charge in [-0.1, -0.05) is 6.07 Å². The minimum atomic E-state index is 0.194. The van der Waals surface area contributed by atoms with Gasteiger partial charge in [0.1, 0.15) is 11.5 Å². The van der Waals surface area contributed by atoms with E-state index in [2.05, 4.69) is 33.4 Å². The average Bonchev–Trinajstić information content (AvgIpc) is 3.46. The van der Waals surface area contributed by atoms with E-state index >= 15 is 0 Å². The molecule has 2 aliphatic heterocycles. The first-order valence-corrected chi connectivity index (χ1v) is 11.5. The molecule has 0 unspecified atom stereocenters. The molecule has 0 aliphatic carbocycles. The summed E-state index contributed by atoms with van der Waals surface area (Å²) in [5, 5.41) is 2.12. The van der Waals surface area contributed by atoms with Crippen LogP contribution in [0.2, 0.25) is 0 Å². The highest BCUT2D eigenvalue weighted by molar-refractivity contribution is 7.09. The molecule has 2 saturated heterocycles. The minimum absolute atomic E-state index is 0.194. The van der Waals surface area contributed by atoms with Crippen molar-refractivity contribution in [2.45, 2.75) is 25.4 Å². The van der Waals surface area contributed by atoms with E-state index in [1.54, 1.807) is 25.6 Å². The van der Waals surface area contributed by atoms with E-state index < -0.39 is 0 Å². The topological polar surface area (TPSA) is 45.3 Å². The number of hydrogen-bond donors (Lipinski definition) is 0. The van der Waals surface area contributed by atoms with E-state index in [9.17, 15) is 4.79 Å². The number of piperazine rings is 1. The average molecular weight is 430 g/mol. The molecule has 1 aromatic heterocycles. The maximum atomic E-state index is 13.0. The lowest BCUT2D eigenvalue weighted by Gasteiger charge is -2.36. The number of benzene rings is 1. The van der Waals surface area contributed by atoms with E-state index in [-0.39, 0.29) is 11.9 Å². The number of rotatable bonds is 7. The van der Waals surface area contributed by atoms with Crippen molar-refractivity contribution in [1.82, 2.24) is 14.7 Å². The third kappa shape index (κ3) is 4.79. The molecule has 2 fully saturated rings. The summed E-state index contributed by atoms with van der Waals surface area (Å²) in [5.41, 5.74) is 1.11. The van der Waals surface area contributed by atoms with Crippen molar-refractivity contribution >= 4 is 17.2 Å². The van der Waals surface area contributed by atoms with E-state index in [1.807, 2.05) is 17.0 Å². The number of carbonyl (C=O) groups is 1. The van der Waals surface area contributed by atoms with Crippen molar-refractivity contribution in [1.29, 1.82) is 0 Å². The zero-order valence-electron chi connectivity index (χ0n) is 17.9. The van der Waals surface area contributed by atoms with Gasteiger partial charge in [-0.25, -0.2) is 0 Å². The number of methoxy groups -OCH3 is 2. The molecule has 0 radical (unpaired) electrons. The fourth-order valence-electron chi connectivity index (χ4n) is 4.52. The van der Waals surface area contributed by atoms with Gasteiger partial charge in [0, 0.05) is 49.2 Å². The first kappa shape index (κ1) is 21.2. The molecule has 1 amide bonds. The van der Waals surface area contributed by atoms with Crippen LogP contribution >= 0.6 is 11.3 Å². The van der Waals surface area contributed by atoms with Crippen LogP contribution < -0.4 is 9.47 Å². The summed E-state index contributed by atoms with van der Waals surface area (Å²) >= 11 is 1.80. The number of thiophene rings is 1. The quantitative estimate of drug-likeness (QED) is 0.676. The highest BCUT2D eigenvalue weighted by atomic mass is 32.1. The van der Waals surface area contributed by atoms with Gasteiger partial charge in [0.05, 0.1) is 20.8 Å². The second kappa shape index (κ2) is 9.81. The number of amides is 1. The van der Waals surface area contributed by atoms with Gasteiger partial charge in [0.25, 0.3) is 0 Å². The van der Waals surface area contributed by atoms with Crippen LogP contribution in [0.4, 0.5) is 0 Å². The van der Waals surface area contributed by atoms with E-state index in [4.69, 9.17) is 9.47 Å². The van der Waals surface area contributed by atoms with Gasteiger partial charge < -0.3 is 14.4 Å². The highest BCUT2D eigenvalue weighted by Crippen LogP contribution is 2.38. The summed E-state index contributed by atoms with van der Waals surface area (Å²) in [6.07, 6.45) is 2.12. The lowest BCUT2D eigenvalue weighted by molar-refractivity contribution is -0.134. The Morgan fingerprint density at radius 2 is 1.93 bits per heavy atom. The number of ether oxygens (including phenoxy) is 2. The zero-order chi connectivity index (χ0) is 20.9. The van der Waals surface area contributed by atoms with Gasteiger partial charge in [-0.3, -0.25) is 14.6 Å². The van der Waals surface area contributed by atoms with Gasteiger partial charge in [0.2, 0.25) is 5.91 Å². The lowest BCUT2D eigenvalue weighted by atomic mass is 10.0. The van der Waals surface area contributed by atoms with Gasteiger partial charge >= 0.3 is 0 Å². The van der Waals surface area contributed by atoms with Crippen LogP contribution in [0.3, 0.4) is 0 Å². The number of carbonyl (C=O) groups excluding carboxylic acids is 1. The summed E-state index contributed by atoms with van der Waals surface area (Å²) < 4.78 is 11.0. The molecule has 6 nitrogen and oxygen atoms in total. The summed E-state index contributed by atoms with van der Waals surface area (Å²) in [7, 11) is 3.38. The van der Waals surface area contributed by atoms with Gasteiger partial charge in [-0.05, 0) is 49.0 Å². The molecule has 162 valence electrons. The molecule has 4 rings (SSSR count).